The molecule has 0 unspecified atom stereocenters. The lowest BCUT2D eigenvalue weighted by Gasteiger charge is -2.29. The first kappa shape index (κ1) is 26.9. The van der Waals surface area contributed by atoms with Crippen LogP contribution in [0.2, 0.25) is 0 Å². The van der Waals surface area contributed by atoms with Gasteiger partial charge >= 0.3 is 5.97 Å². The third kappa shape index (κ3) is 4.88. The molecule has 0 bridgehead atoms. The number of carbonyl (C=O) groups excluding carboxylic acids is 4. The summed E-state index contributed by atoms with van der Waals surface area (Å²) < 4.78 is 11.3. The van der Waals surface area contributed by atoms with Crippen molar-refractivity contribution in [3.8, 4) is 11.5 Å². The van der Waals surface area contributed by atoms with Crippen LogP contribution >= 0.6 is 31.9 Å². The lowest BCUT2D eigenvalue weighted by Crippen LogP contribution is -2.34. The second-order valence-corrected chi connectivity index (χ2v) is 12.3. The molecule has 3 fully saturated rings. The zero-order chi connectivity index (χ0) is 27.1. The highest BCUT2D eigenvalue weighted by Crippen LogP contribution is 2.45. The predicted octanol–water partition coefficient (Wildman–Crippen LogP) is 4.78. The molecule has 0 N–H and O–H groups in total. The number of para-hydroxylation sites is 2. The number of benzene rings is 2. The number of halogens is 2. The number of anilines is 2. The largest absolute Gasteiger partial charge is 0.492 e. The van der Waals surface area contributed by atoms with E-state index < -0.39 is 11.9 Å². The van der Waals surface area contributed by atoms with E-state index in [1.54, 1.807) is 42.2 Å². The molecule has 2 aliphatic heterocycles. The number of amides is 3. The Balaban J connectivity index is 1.28. The van der Waals surface area contributed by atoms with E-state index in [0.29, 0.717) is 47.9 Å². The minimum Gasteiger partial charge on any atom is -0.492 e. The molecule has 2 aromatic carbocycles. The van der Waals surface area contributed by atoms with E-state index in [4.69, 9.17) is 9.47 Å². The van der Waals surface area contributed by atoms with Crippen molar-refractivity contribution in [2.75, 3.05) is 23.0 Å². The van der Waals surface area contributed by atoms with Crippen molar-refractivity contribution in [2.24, 2.45) is 17.8 Å². The van der Waals surface area contributed by atoms with Crippen LogP contribution in [0.4, 0.5) is 11.4 Å². The molecular formula is C28H28Br2N2O6. The molecule has 200 valence electrons. The third-order valence-electron chi connectivity index (χ3n) is 7.45. The first-order valence-corrected chi connectivity index (χ1v) is 14.5. The second kappa shape index (κ2) is 10.8. The molecule has 1 aliphatic carbocycles. The van der Waals surface area contributed by atoms with Crippen LogP contribution in [0.3, 0.4) is 0 Å². The van der Waals surface area contributed by atoms with Gasteiger partial charge in [-0.25, -0.2) is 4.90 Å². The third-order valence-corrected chi connectivity index (χ3v) is 10.2. The van der Waals surface area contributed by atoms with E-state index in [1.807, 2.05) is 19.1 Å². The summed E-state index contributed by atoms with van der Waals surface area (Å²) in [7, 11) is 0. The molecule has 0 spiro atoms. The van der Waals surface area contributed by atoms with Crippen LogP contribution in [0.15, 0.2) is 42.5 Å². The quantitative estimate of drug-likeness (QED) is 0.194. The Kier molecular flexibility index (Phi) is 7.64. The molecule has 5 rings (SSSR count). The predicted molar refractivity (Wildman–Crippen MR) is 149 cm³/mol. The van der Waals surface area contributed by atoms with Gasteiger partial charge in [0.2, 0.25) is 17.7 Å². The number of hydrogen-bond acceptors (Lipinski definition) is 6. The van der Waals surface area contributed by atoms with Crippen molar-refractivity contribution < 1.29 is 28.7 Å². The van der Waals surface area contributed by atoms with Crippen molar-refractivity contribution in [1.82, 2.24) is 0 Å². The number of ether oxygens (including phenoxy) is 2. The average molecular weight is 648 g/mol. The van der Waals surface area contributed by atoms with Crippen LogP contribution in [-0.2, 0) is 19.2 Å². The Morgan fingerprint density at radius 3 is 2.26 bits per heavy atom. The molecule has 3 aliphatic rings. The lowest BCUT2D eigenvalue weighted by atomic mass is 9.81. The zero-order valence-corrected chi connectivity index (χ0v) is 24.2. The van der Waals surface area contributed by atoms with Crippen LogP contribution in [0.25, 0.3) is 0 Å². The van der Waals surface area contributed by atoms with E-state index >= 15 is 0 Å². The summed E-state index contributed by atoms with van der Waals surface area (Å²) >= 11 is 7.22. The van der Waals surface area contributed by atoms with Gasteiger partial charge in [0.15, 0.2) is 0 Å². The molecule has 38 heavy (non-hydrogen) atoms. The van der Waals surface area contributed by atoms with E-state index in [0.717, 1.165) is 0 Å². The summed E-state index contributed by atoms with van der Waals surface area (Å²) in [5.41, 5.74) is 1.78. The molecule has 1 saturated carbocycles. The number of alkyl halides is 2. The van der Waals surface area contributed by atoms with E-state index in [2.05, 4.69) is 31.9 Å². The Labute approximate surface area is 237 Å². The summed E-state index contributed by atoms with van der Waals surface area (Å²) in [6, 6.07) is 12.1. The fraction of sp³-hybridized carbons (Fsp3) is 0.429. The molecule has 0 aromatic heterocycles. The molecule has 0 radical (unpaired) electrons. The summed E-state index contributed by atoms with van der Waals surface area (Å²) in [5.74, 6) is -1.47. The highest BCUT2D eigenvalue weighted by Gasteiger charge is 2.52. The Morgan fingerprint density at radius 1 is 0.974 bits per heavy atom. The smallest absolute Gasteiger partial charge is 0.316 e. The van der Waals surface area contributed by atoms with Crippen LogP contribution in [0.1, 0.15) is 31.7 Å². The highest BCUT2D eigenvalue weighted by molar-refractivity contribution is 9.12. The second-order valence-electron chi connectivity index (χ2n) is 9.90. The summed E-state index contributed by atoms with van der Waals surface area (Å²) in [6.07, 6.45) is 1.24. The number of nitrogens with zero attached hydrogens (tertiary/aromatic N) is 2. The fourth-order valence-electron chi connectivity index (χ4n) is 5.53. The van der Waals surface area contributed by atoms with Gasteiger partial charge < -0.3 is 14.4 Å². The van der Waals surface area contributed by atoms with E-state index in [1.165, 1.54) is 4.90 Å². The molecule has 10 heteroatoms. The maximum absolute atomic E-state index is 13.2. The summed E-state index contributed by atoms with van der Waals surface area (Å²) in [5, 5.41) is 0. The number of esters is 1. The maximum atomic E-state index is 13.2. The van der Waals surface area contributed by atoms with E-state index in [9.17, 15) is 19.2 Å². The number of imide groups is 1. The Morgan fingerprint density at radius 2 is 1.63 bits per heavy atom. The molecule has 8 nitrogen and oxygen atoms in total. The number of carbonyl (C=O) groups is 4. The first-order chi connectivity index (χ1) is 18.2. The van der Waals surface area contributed by atoms with Crippen LogP contribution in [-0.4, -0.2) is 46.5 Å². The number of rotatable bonds is 6. The standard InChI is InChI=1S/C28H28Br2N2O6/c1-3-37-24-7-5-4-6-23(24)31-14-16(11-25(31)33)28(36)38-17-8-9-22(15(2)10-17)32-26(34)18-12-20(29)21(30)13-19(18)27(32)35/h4-10,16,18-21H,3,11-14H2,1-2H3/t16-,18-,19+,20+,21+/m1/s1. The fourth-order valence-corrected chi connectivity index (χ4v) is 6.77. The van der Waals surface area contributed by atoms with Gasteiger partial charge in [-0.05, 0) is 62.6 Å². The number of fused-ring (bicyclic) bond motifs is 1. The van der Waals surface area contributed by atoms with Crippen molar-refractivity contribution in [2.45, 2.75) is 42.8 Å². The normalized spacial score (nSPS) is 27.1. The number of aryl methyl sites for hydroxylation is 1. The van der Waals surface area contributed by atoms with Gasteiger partial charge in [-0.2, -0.15) is 0 Å². The first-order valence-electron chi connectivity index (χ1n) is 12.7. The van der Waals surface area contributed by atoms with Gasteiger partial charge in [0.05, 0.1) is 35.7 Å². The topological polar surface area (TPSA) is 93.2 Å². The van der Waals surface area contributed by atoms with Gasteiger partial charge in [0.25, 0.3) is 0 Å². The molecule has 5 atom stereocenters. The van der Waals surface area contributed by atoms with Gasteiger partial charge in [0.1, 0.15) is 11.5 Å². The SMILES string of the molecule is CCOc1ccccc1N1C[C@H](C(=O)Oc2ccc(N3C(=O)[C@H]4C[C@H](Br)[C@@H](Br)C[C@H]4C3=O)c(C)c2)CC1=O. The minimum atomic E-state index is -0.628. The monoisotopic (exact) mass is 646 g/mol. The van der Waals surface area contributed by atoms with Crippen molar-refractivity contribution in [1.29, 1.82) is 0 Å². The van der Waals surface area contributed by atoms with Gasteiger partial charge in [-0.15, -0.1) is 0 Å². The van der Waals surface area contributed by atoms with Gasteiger partial charge in [-0.1, -0.05) is 44.0 Å². The highest BCUT2D eigenvalue weighted by atomic mass is 79.9. The zero-order valence-electron chi connectivity index (χ0n) is 21.1. The average Bonchev–Trinajstić information content (AvgIpc) is 3.38. The van der Waals surface area contributed by atoms with Crippen LogP contribution in [0.5, 0.6) is 11.5 Å². The lowest BCUT2D eigenvalue weighted by molar-refractivity contribution is -0.139. The molecule has 2 heterocycles. The molecular weight excluding hydrogens is 620 g/mol. The van der Waals surface area contributed by atoms with Crippen LogP contribution in [0, 0.1) is 24.7 Å². The van der Waals surface area contributed by atoms with Crippen molar-refractivity contribution in [3.05, 3.63) is 48.0 Å². The van der Waals surface area contributed by atoms with Crippen LogP contribution < -0.4 is 19.3 Å². The maximum Gasteiger partial charge on any atom is 0.316 e. The van der Waals surface area contributed by atoms with Gasteiger partial charge in [-0.3, -0.25) is 19.2 Å². The summed E-state index contributed by atoms with van der Waals surface area (Å²) in [4.78, 5) is 55.2. The Bertz CT molecular complexity index is 1270. The molecule has 2 aromatic rings. The molecule has 2 saturated heterocycles. The van der Waals surface area contributed by atoms with E-state index in [-0.39, 0.29) is 52.2 Å². The Hall–Kier alpha value is -2.72. The summed E-state index contributed by atoms with van der Waals surface area (Å²) in [6.45, 7) is 4.31. The van der Waals surface area contributed by atoms with Crippen molar-refractivity contribution >= 4 is 66.9 Å². The molecule has 3 amide bonds. The minimum absolute atomic E-state index is 0.0407. The van der Waals surface area contributed by atoms with Crippen molar-refractivity contribution in [3.63, 3.8) is 0 Å². The number of hydrogen-bond donors (Lipinski definition) is 0. The van der Waals surface area contributed by atoms with Gasteiger partial charge in [0, 0.05) is 22.6 Å².